The first-order chi connectivity index (χ1) is 10.8. The van der Waals surface area contributed by atoms with Crippen molar-refractivity contribution in [3.05, 3.63) is 29.8 Å². The molecule has 1 aromatic carbocycles. The number of esters is 1. The topological polar surface area (TPSA) is 58.6 Å². The van der Waals surface area contributed by atoms with E-state index in [1.54, 1.807) is 24.3 Å². The van der Waals surface area contributed by atoms with Crippen molar-refractivity contribution in [2.45, 2.75) is 18.5 Å². The summed E-state index contributed by atoms with van der Waals surface area (Å²) in [5, 5.41) is 2.66. The van der Waals surface area contributed by atoms with Gasteiger partial charge in [-0.3, -0.25) is 14.5 Å². The molecule has 0 spiro atoms. The number of rotatable bonds is 5. The van der Waals surface area contributed by atoms with Crippen LogP contribution in [-0.4, -0.2) is 49.7 Å². The Morgan fingerprint density at radius 3 is 2.78 bits per heavy atom. The zero-order chi connectivity index (χ0) is 17.0. The predicted molar refractivity (Wildman–Crippen MR) is 76.9 cm³/mol. The Morgan fingerprint density at radius 1 is 1.39 bits per heavy atom. The molecule has 0 bridgehead atoms. The summed E-state index contributed by atoms with van der Waals surface area (Å²) in [5.41, 5.74) is 1.21. The van der Waals surface area contributed by atoms with Gasteiger partial charge in [0, 0.05) is 18.7 Å². The van der Waals surface area contributed by atoms with Crippen LogP contribution in [0.3, 0.4) is 0 Å². The molecule has 0 unspecified atom stereocenters. The van der Waals surface area contributed by atoms with Crippen molar-refractivity contribution >= 4 is 17.6 Å². The van der Waals surface area contributed by atoms with Crippen molar-refractivity contribution in [1.29, 1.82) is 0 Å². The Hall–Kier alpha value is -2.09. The number of likely N-dealkylation sites (N-methyl/N-ethyl adjacent to an activating group) is 1. The summed E-state index contributed by atoms with van der Waals surface area (Å²) < 4.78 is 41.6. The lowest BCUT2D eigenvalue weighted by Gasteiger charge is -2.24. The average molecular weight is 330 g/mol. The summed E-state index contributed by atoms with van der Waals surface area (Å²) in [6.07, 6.45) is -4.33. The van der Waals surface area contributed by atoms with Gasteiger partial charge in [0.2, 0.25) is 5.91 Å². The van der Waals surface area contributed by atoms with Gasteiger partial charge in [0.1, 0.15) is 6.61 Å². The molecule has 1 aromatic rings. The number of hydrogen-bond acceptors (Lipinski definition) is 4. The minimum atomic E-state index is -4.29. The van der Waals surface area contributed by atoms with Gasteiger partial charge < -0.3 is 10.1 Å². The van der Waals surface area contributed by atoms with Gasteiger partial charge in [-0.2, -0.15) is 13.2 Å². The number of alkyl halides is 3. The fraction of sp³-hybridized carbons (Fsp3) is 0.467. The lowest BCUT2D eigenvalue weighted by atomic mass is 9.91. The van der Waals surface area contributed by atoms with Crippen molar-refractivity contribution in [3.8, 4) is 0 Å². The third kappa shape index (κ3) is 4.95. The Morgan fingerprint density at radius 2 is 2.09 bits per heavy atom. The maximum absolute atomic E-state index is 12.2. The van der Waals surface area contributed by atoms with Gasteiger partial charge in [-0.1, -0.05) is 18.2 Å². The Labute approximate surface area is 131 Å². The summed E-state index contributed by atoms with van der Waals surface area (Å²) in [4.78, 5) is 24.8. The molecule has 1 N–H and O–H groups in total. The molecule has 23 heavy (non-hydrogen) atoms. The van der Waals surface area contributed by atoms with E-state index in [9.17, 15) is 22.8 Å². The van der Waals surface area contributed by atoms with Gasteiger partial charge in [0.05, 0.1) is 12.5 Å². The molecule has 2 rings (SSSR count). The second-order valence-electron chi connectivity index (χ2n) is 5.41. The number of hydrogen-bond donors (Lipinski definition) is 1. The van der Waals surface area contributed by atoms with E-state index in [1.165, 1.54) is 7.05 Å². The minimum Gasteiger partial charge on any atom is -0.464 e. The molecular formula is C15H17F3N2O3. The quantitative estimate of drug-likeness (QED) is 0.841. The van der Waals surface area contributed by atoms with Crippen molar-refractivity contribution in [2.24, 2.45) is 0 Å². The molecule has 0 saturated heterocycles. The number of anilines is 1. The van der Waals surface area contributed by atoms with Crippen LogP contribution in [0.1, 0.15) is 17.9 Å². The smallest absolute Gasteiger partial charge is 0.401 e. The van der Waals surface area contributed by atoms with E-state index in [0.29, 0.717) is 11.3 Å². The summed E-state index contributed by atoms with van der Waals surface area (Å²) in [6.45, 7) is -1.27. The molecule has 126 valence electrons. The van der Waals surface area contributed by atoms with E-state index >= 15 is 0 Å². The predicted octanol–water partition coefficient (Wildman–Crippen LogP) is 2.15. The molecule has 0 fully saturated rings. The Balaban J connectivity index is 1.90. The fourth-order valence-corrected chi connectivity index (χ4v) is 2.41. The van der Waals surface area contributed by atoms with E-state index in [2.05, 4.69) is 5.32 Å². The zero-order valence-electron chi connectivity index (χ0n) is 12.5. The summed E-state index contributed by atoms with van der Waals surface area (Å²) >= 11 is 0. The Bertz CT molecular complexity index is 590. The molecule has 0 aromatic heterocycles. The van der Waals surface area contributed by atoms with E-state index in [0.717, 1.165) is 4.90 Å². The standard InChI is InChI=1S/C15H17F3N2O3/c1-20(9-15(16,17)18)6-7-23-14(22)11-8-13(21)19-12-5-3-2-4-10(11)12/h2-5,11H,6-9H2,1H3,(H,19,21)/t11-/m1/s1. The molecule has 1 aliphatic heterocycles. The molecule has 0 radical (unpaired) electrons. The first-order valence-electron chi connectivity index (χ1n) is 7.07. The molecule has 0 aliphatic carbocycles. The molecular weight excluding hydrogens is 313 g/mol. The maximum atomic E-state index is 12.2. The molecule has 0 saturated carbocycles. The van der Waals surface area contributed by atoms with Crippen LogP contribution in [0.25, 0.3) is 0 Å². The van der Waals surface area contributed by atoms with Gasteiger partial charge in [-0.15, -0.1) is 0 Å². The molecule has 1 aliphatic rings. The van der Waals surface area contributed by atoms with Crippen LogP contribution in [0.4, 0.5) is 18.9 Å². The van der Waals surface area contributed by atoms with Crippen LogP contribution in [-0.2, 0) is 14.3 Å². The van der Waals surface area contributed by atoms with E-state index in [4.69, 9.17) is 4.74 Å². The molecule has 1 amide bonds. The number of nitrogens with one attached hydrogen (secondary N) is 1. The molecule has 8 heteroatoms. The van der Waals surface area contributed by atoms with Crippen molar-refractivity contribution in [1.82, 2.24) is 4.90 Å². The van der Waals surface area contributed by atoms with E-state index < -0.39 is 24.6 Å². The second-order valence-corrected chi connectivity index (χ2v) is 5.41. The maximum Gasteiger partial charge on any atom is 0.401 e. The SMILES string of the molecule is CN(CCOC(=O)[C@@H]1CC(=O)Nc2ccccc21)CC(F)(F)F. The first-order valence-corrected chi connectivity index (χ1v) is 7.07. The molecule has 5 nitrogen and oxygen atoms in total. The summed E-state index contributed by atoms with van der Waals surface area (Å²) in [6, 6.07) is 6.88. The lowest BCUT2D eigenvalue weighted by Crippen LogP contribution is -2.34. The fourth-order valence-electron chi connectivity index (χ4n) is 2.41. The molecule has 1 heterocycles. The largest absolute Gasteiger partial charge is 0.464 e. The number of nitrogens with zero attached hydrogens (tertiary/aromatic N) is 1. The van der Waals surface area contributed by atoms with Gasteiger partial charge in [0.25, 0.3) is 0 Å². The van der Waals surface area contributed by atoms with Crippen molar-refractivity contribution in [3.63, 3.8) is 0 Å². The van der Waals surface area contributed by atoms with Crippen LogP contribution >= 0.6 is 0 Å². The number of amides is 1. The number of para-hydroxylation sites is 1. The molecule has 1 atom stereocenters. The summed E-state index contributed by atoms with van der Waals surface area (Å²) in [5.74, 6) is -1.62. The number of fused-ring (bicyclic) bond motifs is 1. The van der Waals surface area contributed by atoms with Crippen LogP contribution in [0.15, 0.2) is 24.3 Å². The highest BCUT2D eigenvalue weighted by Gasteiger charge is 2.32. The van der Waals surface area contributed by atoms with E-state index in [-0.39, 0.29) is 25.5 Å². The van der Waals surface area contributed by atoms with Gasteiger partial charge in [-0.05, 0) is 18.7 Å². The lowest BCUT2D eigenvalue weighted by molar-refractivity contribution is -0.151. The van der Waals surface area contributed by atoms with Crippen LogP contribution in [0.5, 0.6) is 0 Å². The number of benzene rings is 1. The number of carbonyl (C=O) groups excluding carboxylic acids is 2. The normalized spacial score (nSPS) is 17.6. The highest BCUT2D eigenvalue weighted by Crippen LogP contribution is 2.32. The highest BCUT2D eigenvalue weighted by atomic mass is 19.4. The third-order valence-electron chi connectivity index (χ3n) is 3.45. The minimum absolute atomic E-state index is 0.0335. The van der Waals surface area contributed by atoms with Crippen LogP contribution in [0, 0.1) is 0 Å². The zero-order valence-corrected chi connectivity index (χ0v) is 12.5. The highest BCUT2D eigenvalue weighted by molar-refractivity contribution is 5.99. The van der Waals surface area contributed by atoms with Gasteiger partial charge in [0.15, 0.2) is 0 Å². The van der Waals surface area contributed by atoms with Gasteiger partial charge in [-0.25, -0.2) is 0 Å². The van der Waals surface area contributed by atoms with Gasteiger partial charge >= 0.3 is 12.1 Å². The van der Waals surface area contributed by atoms with Crippen molar-refractivity contribution < 1.29 is 27.5 Å². The number of halogens is 3. The monoisotopic (exact) mass is 330 g/mol. The summed E-state index contributed by atoms with van der Waals surface area (Å²) in [7, 11) is 1.30. The third-order valence-corrected chi connectivity index (χ3v) is 3.45. The van der Waals surface area contributed by atoms with Crippen LogP contribution in [0.2, 0.25) is 0 Å². The second kappa shape index (κ2) is 6.99. The Kier molecular flexibility index (Phi) is 5.25. The average Bonchev–Trinajstić information content (AvgIpc) is 2.44. The van der Waals surface area contributed by atoms with E-state index in [1.807, 2.05) is 0 Å². The van der Waals surface area contributed by atoms with Crippen molar-refractivity contribution in [2.75, 3.05) is 32.1 Å². The van der Waals surface area contributed by atoms with Crippen LogP contribution < -0.4 is 5.32 Å². The number of ether oxygens (including phenoxy) is 1. The number of carbonyl (C=O) groups is 2. The first kappa shape index (κ1) is 17.3.